The fourth-order valence-corrected chi connectivity index (χ4v) is 8.11. The molecular weight excluding hydrogens is 683 g/mol. The van der Waals surface area contributed by atoms with E-state index in [1.165, 1.54) is 44.2 Å². The molecule has 1 N–H and O–H groups in total. The molecule has 6 aromatic carbocycles. The zero-order chi connectivity index (χ0) is 37.3. The van der Waals surface area contributed by atoms with Crippen molar-refractivity contribution in [3.05, 3.63) is 217 Å². The Morgan fingerprint density at radius 3 is 1.77 bits per heavy atom. The van der Waals surface area contributed by atoms with Gasteiger partial charge in [0.2, 0.25) is 0 Å². The molecule has 2 heterocycles. The van der Waals surface area contributed by atoms with E-state index in [1.807, 2.05) is 60.7 Å². The van der Waals surface area contributed by atoms with Gasteiger partial charge in [-0.1, -0.05) is 170 Å². The summed E-state index contributed by atoms with van der Waals surface area (Å²) in [6.07, 6.45) is 14.6. The van der Waals surface area contributed by atoms with Crippen molar-refractivity contribution in [3.63, 3.8) is 0 Å². The first-order chi connectivity index (χ1) is 27.7. The molecule has 0 spiro atoms. The normalized spacial score (nSPS) is 17.9. The van der Waals surface area contributed by atoms with E-state index >= 15 is 0 Å². The zero-order valence-corrected chi connectivity index (χ0v) is 30.8. The Balaban J connectivity index is 0.937. The quantitative estimate of drug-likeness (QED) is 0.170. The van der Waals surface area contributed by atoms with Crippen molar-refractivity contribution in [3.8, 4) is 28.5 Å². The molecule has 5 heteroatoms. The lowest BCUT2D eigenvalue weighted by Crippen LogP contribution is -2.40. The van der Waals surface area contributed by atoms with Crippen LogP contribution in [0.15, 0.2) is 200 Å². The summed E-state index contributed by atoms with van der Waals surface area (Å²) in [6, 6.07) is 57.7. The molecule has 3 unspecified atom stereocenters. The molecule has 0 saturated heterocycles. The first kappa shape index (κ1) is 33.6. The van der Waals surface area contributed by atoms with Crippen LogP contribution in [0.2, 0.25) is 0 Å². The minimum atomic E-state index is 0.112. The molecule has 0 bridgehead atoms. The van der Waals surface area contributed by atoms with E-state index in [-0.39, 0.29) is 18.0 Å². The summed E-state index contributed by atoms with van der Waals surface area (Å²) in [4.78, 5) is 14.8. The van der Waals surface area contributed by atoms with E-state index in [1.54, 1.807) is 0 Å². The lowest BCUT2D eigenvalue weighted by Gasteiger charge is -2.31. The van der Waals surface area contributed by atoms with Crippen LogP contribution in [0.4, 0.5) is 0 Å². The fourth-order valence-electron chi connectivity index (χ4n) is 8.11. The molecule has 0 amide bonds. The van der Waals surface area contributed by atoms with Crippen molar-refractivity contribution in [1.29, 1.82) is 0 Å². The molecule has 2 aliphatic carbocycles. The third-order valence-corrected chi connectivity index (χ3v) is 10.9. The second kappa shape index (κ2) is 14.7. The van der Waals surface area contributed by atoms with Gasteiger partial charge in [-0.25, -0.2) is 15.0 Å². The highest BCUT2D eigenvalue weighted by atomic mass is 15.0. The first-order valence-corrected chi connectivity index (χ1v) is 19.3. The summed E-state index contributed by atoms with van der Waals surface area (Å²) in [6.45, 7) is 0. The molecule has 0 saturated carbocycles. The minimum absolute atomic E-state index is 0.112. The van der Waals surface area contributed by atoms with E-state index < -0.39 is 0 Å². The second-order valence-corrected chi connectivity index (χ2v) is 14.4. The maximum Gasteiger partial charge on any atom is 0.164 e. The predicted octanol–water partition coefficient (Wildman–Crippen LogP) is 11.4. The Bertz CT molecular complexity index is 2740. The van der Waals surface area contributed by atoms with Gasteiger partial charge in [0.05, 0.1) is 11.0 Å². The number of para-hydroxylation sites is 2. The highest BCUT2D eigenvalue weighted by molar-refractivity contribution is 6.10. The van der Waals surface area contributed by atoms with E-state index in [0.29, 0.717) is 17.5 Å². The van der Waals surface area contributed by atoms with Crippen molar-refractivity contribution in [1.82, 2.24) is 24.8 Å². The van der Waals surface area contributed by atoms with E-state index in [4.69, 9.17) is 15.0 Å². The monoisotopic (exact) mass is 721 g/mol. The molecule has 3 atom stereocenters. The van der Waals surface area contributed by atoms with Gasteiger partial charge in [-0.15, -0.1) is 0 Å². The van der Waals surface area contributed by atoms with E-state index in [9.17, 15) is 0 Å². The average molecular weight is 722 g/mol. The van der Waals surface area contributed by atoms with Gasteiger partial charge in [0, 0.05) is 51.2 Å². The molecule has 2 aliphatic rings. The molecule has 5 nitrogen and oxygen atoms in total. The number of nitrogens with zero attached hydrogens (tertiary/aromatic N) is 4. The standard InChI is InChI=1S/C51H39N5/c1-5-15-35(16-6-1)44-33-39(40-28-32-48-45(34-40)43-23-13-14-24-47(43)56(48)42-21-11-4-12-22-42)27-31-46(44)52-41-29-25-38(26-30-41)51-54-49(36-17-7-2-8-18-36)53-50(55-51)37-19-9-3-10-20-37/h1-29,31-34,41,44,46,52H,30H2. The topological polar surface area (TPSA) is 55.6 Å². The fraction of sp³-hybridized carbons (Fsp3) is 0.0784. The number of hydrogen-bond donors (Lipinski definition) is 1. The van der Waals surface area contributed by atoms with Gasteiger partial charge in [-0.05, 0) is 53.5 Å². The van der Waals surface area contributed by atoms with Crippen LogP contribution in [0.3, 0.4) is 0 Å². The number of rotatable bonds is 8. The molecule has 0 radical (unpaired) electrons. The Labute approximate surface area is 326 Å². The van der Waals surface area contributed by atoms with Crippen molar-refractivity contribution < 1.29 is 0 Å². The molecular formula is C51H39N5. The maximum absolute atomic E-state index is 4.95. The van der Waals surface area contributed by atoms with Crippen LogP contribution in [0.25, 0.3) is 61.4 Å². The second-order valence-electron chi connectivity index (χ2n) is 14.4. The van der Waals surface area contributed by atoms with Crippen LogP contribution in [0.1, 0.15) is 29.3 Å². The number of nitrogens with one attached hydrogen (secondary N) is 1. The van der Waals surface area contributed by atoms with Gasteiger partial charge in [0.1, 0.15) is 0 Å². The van der Waals surface area contributed by atoms with Crippen molar-refractivity contribution in [2.75, 3.05) is 0 Å². The van der Waals surface area contributed by atoms with Crippen LogP contribution < -0.4 is 5.32 Å². The maximum atomic E-state index is 4.95. The molecule has 0 aliphatic heterocycles. The smallest absolute Gasteiger partial charge is 0.164 e. The van der Waals surface area contributed by atoms with Gasteiger partial charge in [-0.3, -0.25) is 0 Å². The SMILES string of the molecule is C1=CC(NC2C=CC(c3nc(-c4ccccc4)nc(-c4ccccc4)n3)=CC2)C(c2ccccc2)C=C1c1ccc2c(c1)c1ccccc1n2-c1ccccc1. The lowest BCUT2D eigenvalue weighted by molar-refractivity contribution is 0.497. The third kappa shape index (κ3) is 6.48. The number of fused-ring (bicyclic) bond motifs is 3. The lowest BCUT2D eigenvalue weighted by atomic mass is 9.83. The Morgan fingerprint density at radius 2 is 1.09 bits per heavy atom. The Hall–Kier alpha value is -6.95. The largest absolute Gasteiger partial charge is 0.309 e. The molecule has 56 heavy (non-hydrogen) atoms. The molecule has 2 aromatic heterocycles. The molecule has 10 rings (SSSR count). The highest BCUT2D eigenvalue weighted by Crippen LogP contribution is 2.37. The number of aromatic nitrogens is 4. The third-order valence-electron chi connectivity index (χ3n) is 10.9. The number of allylic oxidation sites excluding steroid dienone is 4. The van der Waals surface area contributed by atoms with E-state index in [2.05, 4.69) is 149 Å². The van der Waals surface area contributed by atoms with Crippen LogP contribution in [-0.4, -0.2) is 31.6 Å². The van der Waals surface area contributed by atoms with Gasteiger partial charge in [-0.2, -0.15) is 0 Å². The van der Waals surface area contributed by atoms with E-state index in [0.717, 1.165) is 23.1 Å². The van der Waals surface area contributed by atoms with Crippen LogP contribution >= 0.6 is 0 Å². The van der Waals surface area contributed by atoms with Crippen LogP contribution in [-0.2, 0) is 0 Å². The van der Waals surface area contributed by atoms with Crippen molar-refractivity contribution >= 4 is 33.0 Å². The summed E-state index contributed by atoms with van der Waals surface area (Å²) in [5.41, 5.74) is 10.3. The Kier molecular flexibility index (Phi) is 8.82. The number of benzene rings is 6. The summed E-state index contributed by atoms with van der Waals surface area (Å²) in [7, 11) is 0. The Morgan fingerprint density at radius 1 is 0.500 bits per heavy atom. The highest BCUT2D eigenvalue weighted by Gasteiger charge is 2.26. The zero-order valence-electron chi connectivity index (χ0n) is 30.8. The molecule has 8 aromatic rings. The number of hydrogen-bond acceptors (Lipinski definition) is 4. The summed E-state index contributed by atoms with van der Waals surface area (Å²) < 4.78 is 2.37. The molecule has 268 valence electrons. The average Bonchev–Trinajstić information content (AvgIpc) is 3.61. The minimum Gasteiger partial charge on any atom is -0.309 e. The summed E-state index contributed by atoms with van der Waals surface area (Å²) in [5, 5.41) is 6.50. The predicted molar refractivity (Wildman–Crippen MR) is 230 cm³/mol. The van der Waals surface area contributed by atoms with Gasteiger partial charge in [0.25, 0.3) is 0 Å². The van der Waals surface area contributed by atoms with Crippen molar-refractivity contribution in [2.24, 2.45) is 0 Å². The first-order valence-electron chi connectivity index (χ1n) is 19.3. The van der Waals surface area contributed by atoms with Gasteiger partial charge < -0.3 is 9.88 Å². The van der Waals surface area contributed by atoms with Gasteiger partial charge >= 0.3 is 0 Å². The van der Waals surface area contributed by atoms with Crippen LogP contribution in [0, 0.1) is 0 Å². The van der Waals surface area contributed by atoms with Crippen LogP contribution in [0.5, 0.6) is 0 Å². The van der Waals surface area contributed by atoms with Crippen molar-refractivity contribution in [2.45, 2.75) is 24.4 Å². The summed E-state index contributed by atoms with van der Waals surface area (Å²) >= 11 is 0. The summed E-state index contributed by atoms with van der Waals surface area (Å²) in [5.74, 6) is 2.18. The molecule has 0 fully saturated rings. The van der Waals surface area contributed by atoms with Gasteiger partial charge in [0.15, 0.2) is 17.5 Å².